The average molecular weight is 295 g/mol. The van der Waals surface area contributed by atoms with Crippen LogP contribution in [0.2, 0.25) is 0 Å². The highest BCUT2D eigenvalue weighted by atomic mass is 79.9. The number of hydrogen-bond acceptors (Lipinski definition) is 2. The van der Waals surface area contributed by atoms with Gasteiger partial charge in [-0.2, -0.15) is 5.10 Å². The lowest BCUT2D eigenvalue weighted by Gasteiger charge is -2.00. The van der Waals surface area contributed by atoms with Crippen molar-refractivity contribution < 1.29 is 9.90 Å². The normalized spacial score (nSPS) is 10.4. The van der Waals surface area contributed by atoms with E-state index in [-0.39, 0.29) is 6.42 Å². The molecule has 0 aliphatic rings. The molecule has 0 aliphatic carbocycles. The highest BCUT2D eigenvalue weighted by molar-refractivity contribution is 9.10. The largest absolute Gasteiger partial charge is 0.481 e. The standard InChI is InChI=1S/C12H11BrN2O2/c13-10-2-4-11(5-3-10)15-8-9(7-14-15)1-6-12(16)17/h2-5,7-8H,1,6H2,(H,16,17). The van der Waals surface area contributed by atoms with Gasteiger partial charge < -0.3 is 5.11 Å². The number of carboxylic acid groups (broad SMARTS) is 1. The Kier molecular flexibility index (Phi) is 3.58. The summed E-state index contributed by atoms with van der Waals surface area (Å²) in [6.07, 6.45) is 4.19. The van der Waals surface area contributed by atoms with Gasteiger partial charge in [-0.05, 0) is 36.2 Å². The predicted molar refractivity (Wildman–Crippen MR) is 67.2 cm³/mol. The lowest BCUT2D eigenvalue weighted by Crippen LogP contribution is -1.96. The molecule has 5 heteroatoms. The van der Waals surface area contributed by atoms with Crippen LogP contribution in [0.25, 0.3) is 5.69 Å². The van der Waals surface area contributed by atoms with Crippen LogP contribution in [0.3, 0.4) is 0 Å². The van der Waals surface area contributed by atoms with E-state index in [9.17, 15) is 4.79 Å². The fraction of sp³-hybridized carbons (Fsp3) is 0.167. The number of benzene rings is 1. The molecule has 4 nitrogen and oxygen atoms in total. The molecule has 0 aliphatic heterocycles. The first-order valence-electron chi connectivity index (χ1n) is 5.16. The third-order valence-corrected chi connectivity index (χ3v) is 2.88. The quantitative estimate of drug-likeness (QED) is 0.943. The monoisotopic (exact) mass is 294 g/mol. The van der Waals surface area contributed by atoms with Crippen molar-refractivity contribution in [2.24, 2.45) is 0 Å². The third kappa shape index (κ3) is 3.17. The van der Waals surface area contributed by atoms with Gasteiger partial charge in [0.2, 0.25) is 0 Å². The maximum atomic E-state index is 10.5. The van der Waals surface area contributed by atoms with Crippen molar-refractivity contribution in [2.75, 3.05) is 0 Å². The Morgan fingerprint density at radius 1 is 1.35 bits per heavy atom. The van der Waals surface area contributed by atoms with E-state index in [1.807, 2.05) is 30.5 Å². The molecule has 0 unspecified atom stereocenters. The Hall–Kier alpha value is -1.62. The molecule has 0 saturated carbocycles. The summed E-state index contributed by atoms with van der Waals surface area (Å²) < 4.78 is 2.75. The third-order valence-electron chi connectivity index (χ3n) is 2.35. The molecule has 1 aromatic heterocycles. The highest BCUT2D eigenvalue weighted by Crippen LogP contribution is 2.14. The topological polar surface area (TPSA) is 55.1 Å². The lowest BCUT2D eigenvalue weighted by atomic mass is 10.2. The number of carbonyl (C=O) groups is 1. The summed E-state index contributed by atoms with van der Waals surface area (Å²) in [4.78, 5) is 10.5. The fourth-order valence-electron chi connectivity index (χ4n) is 1.48. The molecule has 1 heterocycles. The molecule has 0 saturated heterocycles. The van der Waals surface area contributed by atoms with Gasteiger partial charge in [0, 0.05) is 17.1 Å². The van der Waals surface area contributed by atoms with E-state index in [1.54, 1.807) is 10.9 Å². The molecule has 0 amide bonds. The Balaban J connectivity index is 2.12. The fourth-order valence-corrected chi connectivity index (χ4v) is 1.74. The van der Waals surface area contributed by atoms with Gasteiger partial charge in [-0.1, -0.05) is 15.9 Å². The van der Waals surface area contributed by atoms with Gasteiger partial charge in [0.1, 0.15) is 0 Å². The molecule has 2 aromatic rings. The van der Waals surface area contributed by atoms with E-state index in [0.717, 1.165) is 15.7 Å². The molecule has 1 N–H and O–H groups in total. The summed E-state index contributed by atoms with van der Waals surface area (Å²) in [6, 6.07) is 7.76. The van der Waals surface area contributed by atoms with Gasteiger partial charge in [-0.3, -0.25) is 4.79 Å². The molecule has 1 aromatic carbocycles. The second kappa shape index (κ2) is 5.14. The van der Waals surface area contributed by atoms with Gasteiger partial charge >= 0.3 is 5.97 Å². The van der Waals surface area contributed by atoms with Crippen LogP contribution in [0, 0.1) is 0 Å². The Morgan fingerprint density at radius 2 is 2.06 bits per heavy atom. The number of rotatable bonds is 4. The maximum absolute atomic E-state index is 10.5. The highest BCUT2D eigenvalue weighted by Gasteiger charge is 2.03. The van der Waals surface area contributed by atoms with E-state index >= 15 is 0 Å². The van der Waals surface area contributed by atoms with Gasteiger partial charge in [-0.25, -0.2) is 4.68 Å². The number of carboxylic acids is 1. The summed E-state index contributed by atoms with van der Waals surface area (Å²) >= 11 is 3.37. The van der Waals surface area contributed by atoms with Crippen molar-refractivity contribution in [2.45, 2.75) is 12.8 Å². The molecule has 0 bridgehead atoms. The van der Waals surface area contributed by atoms with Gasteiger partial charge in [0.15, 0.2) is 0 Å². The van der Waals surface area contributed by atoms with E-state index in [1.165, 1.54) is 0 Å². The molecular formula is C12H11BrN2O2. The van der Waals surface area contributed by atoms with E-state index in [2.05, 4.69) is 21.0 Å². The molecular weight excluding hydrogens is 284 g/mol. The summed E-state index contributed by atoms with van der Waals surface area (Å²) in [5.74, 6) is -0.790. The van der Waals surface area contributed by atoms with Crippen molar-refractivity contribution in [1.29, 1.82) is 0 Å². The van der Waals surface area contributed by atoms with E-state index < -0.39 is 5.97 Å². The molecule has 17 heavy (non-hydrogen) atoms. The Morgan fingerprint density at radius 3 is 2.71 bits per heavy atom. The van der Waals surface area contributed by atoms with Crippen LogP contribution >= 0.6 is 15.9 Å². The van der Waals surface area contributed by atoms with E-state index in [0.29, 0.717) is 6.42 Å². The molecule has 0 atom stereocenters. The second-order valence-corrected chi connectivity index (χ2v) is 4.58. The minimum Gasteiger partial charge on any atom is -0.481 e. The van der Waals surface area contributed by atoms with Crippen molar-refractivity contribution in [3.8, 4) is 5.69 Å². The van der Waals surface area contributed by atoms with E-state index in [4.69, 9.17) is 5.11 Å². The first-order chi connectivity index (χ1) is 8.15. The number of halogens is 1. The first-order valence-corrected chi connectivity index (χ1v) is 5.96. The van der Waals surface area contributed by atoms with Crippen LogP contribution in [0.5, 0.6) is 0 Å². The summed E-state index contributed by atoms with van der Waals surface area (Å²) in [7, 11) is 0. The molecule has 0 fully saturated rings. The van der Waals surface area contributed by atoms with Crippen LogP contribution in [0.1, 0.15) is 12.0 Å². The second-order valence-electron chi connectivity index (χ2n) is 3.66. The zero-order valence-corrected chi connectivity index (χ0v) is 10.6. The van der Waals surface area contributed by atoms with Crippen LogP contribution in [-0.4, -0.2) is 20.9 Å². The average Bonchev–Trinajstić information content (AvgIpc) is 2.76. The SMILES string of the molecule is O=C(O)CCc1cnn(-c2ccc(Br)cc2)c1. The van der Waals surface area contributed by atoms with Gasteiger partial charge in [0.05, 0.1) is 11.9 Å². The molecule has 0 radical (unpaired) electrons. The van der Waals surface area contributed by atoms with Crippen molar-refractivity contribution in [3.63, 3.8) is 0 Å². The maximum Gasteiger partial charge on any atom is 0.303 e. The number of hydrogen-bond donors (Lipinski definition) is 1. The van der Waals surface area contributed by atoms with Gasteiger partial charge in [-0.15, -0.1) is 0 Å². The van der Waals surface area contributed by atoms with Crippen LogP contribution < -0.4 is 0 Å². The van der Waals surface area contributed by atoms with Crippen LogP contribution in [0.15, 0.2) is 41.1 Å². The van der Waals surface area contributed by atoms with Crippen molar-refractivity contribution in [1.82, 2.24) is 9.78 Å². The van der Waals surface area contributed by atoms with Crippen LogP contribution in [0.4, 0.5) is 0 Å². The summed E-state index contributed by atoms with van der Waals surface area (Å²) in [6.45, 7) is 0. The predicted octanol–water partition coefficient (Wildman–Crippen LogP) is 2.65. The zero-order chi connectivity index (χ0) is 12.3. The molecule has 0 spiro atoms. The van der Waals surface area contributed by atoms with Gasteiger partial charge in [0.25, 0.3) is 0 Å². The summed E-state index contributed by atoms with van der Waals surface area (Å²) in [5, 5.41) is 12.8. The number of nitrogens with zero attached hydrogens (tertiary/aromatic N) is 2. The smallest absolute Gasteiger partial charge is 0.303 e. The van der Waals surface area contributed by atoms with Crippen molar-refractivity contribution in [3.05, 3.63) is 46.7 Å². The zero-order valence-electron chi connectivity index (χ0n) is 9.01. The number of aromatic nitrogens is 2. The first kappa shape index (κ1) is 11.9. The minimum absolute atomic E-state index is 0.131. The number of aliphatic carboxylic acids is 1. The summed E-state index contributed by atoms with van der Waals surface area (Å²) in [5.41, 5.74) is 1.88. The molecule has 88 valence electrons. The number of aryl methyl sites for hydroxylation is 1. The lowest BCUT2D eigenvalue weighted by molar-refractivity contribution is -0.136. The van der Waals surface area contributed by atoms with Crippen LogP contribution in [-0.2, 0) is 11.2 Å². The van der Waals surface area contributed by atoms with Crippen molar-refractivity contribution >= 4 is 21.9 Å². The Labute approximate surface area is 107 Å². The molecule has 2 rings (SSSR count). The minimum atomic E-state index is -0.790. The Bertz CT molecular complexity index is 520.